The van der Waals surface area contributed by atoms with E-state index >= 15 is 0 Å². The Hall–Kier alpha value is -5.40. The highest BCUT2D eigenvalue weighted by molar-refractivity contribution is 7.99. The van der Waals surface area contributed by atoms with Crippen LogP contribution < -0.4 is 25.8 Å². The lowest BCUT2D eigenvalue weighted by atomic mass is 9.93. The van der Waals surface area contributed by atoms with Gasteiger partial charge in [-0.25, -0.2) is 9.98 Å². The first-order valence-corrected chi connectivity index (χ1v) is 16.6. The Balaban J connectivity index is 1.44. The zero-order valence-electron chi connectivity index (χ0n) is 26.4. The molecule has 6 rings (SSSR count). The van der Waals surface area contributed by atoms with Crippen molar-refractivity contribution in [1.82, 2.24) is 14.5 Å². The van der Waals surface area contributed by atoms with Gasteiger partial charge in [-0.3, -0.25) is 29.1 Å². The third-order valence-electron chi connectivity index (χ3n) is 7.75. The van der Waals surface area contributed by atoms with Gasteiger partial charge in [-0.05, 0) is 72.5 Å². The van der Waals surface area contributed by atoms with Gasteiger partial charge in [0.05, 0.1) is 31.7 Å². The third kappa shape index (κ3) is 6.68. The molecule has 0 bridgehead atoms. The van der Waals surface area contributed by atoms with Crippen LogP contribution >= 0.6 is 23.1 Å². The number of fused-ring (bicyclic) bond motifs is 1. The number of hydrogen-bond donors (Lipinski definition) is 2. The van der Waals surface area contributed by atoms with Crippen LogP contribution in [0.5, 0.6) is 0 Å². The molecule has 2 aromatic heterocycles. The summed E-state index contributed by atoms with van der Waals surface area (Å²) in [6.45, 7) is 7.61. The van der Waals surface area contributed by atoms with E-state index in [4.69, 9.17) is 0 Å². The van der Waals surface area contributed by atoms with Gasteiger partial charge in [0.25, 0.3) is 22.7 Å². The monoisotopic (exact) mass is 678 g/mol. The first-order chi connectivity index (χ1) is 23.0. The molecule has 1 aliphatic heterocycles. The Bertz CT molecular complexity index is 2340. The molecule has 48 heavy (non-hydrogen) atoms. The lowest BCUT2D eigenvalue weighted by molar-refractivity contribution is -0.387. The van der Waals surface area contributed by atoms with E-state index in [0.717, 1.165) is 34.2 Å². The number of H-pyrrole nitrogens is 1. The normalized spacial score (nSPS) is 14.5. The average Bonchev–Trinajstić information content (AvgIpc) is 3.34. The van der Waals surface area contributed by atoms with Crippen LogP contribution in [0.25, 0.3) is 6.08 Å². The molecule has 0 fully saturated rings. The molecule has 11 nitrogen and oxygen atoms in total. The Morgan fingerprint density at radius 1 is 1.06 bits per heavy atom. The predicted molar refractivity (Wildman–Crippen MR) is 186 cm³/mol. The molecular weight excluding hydrogens is 649 g/mol. The number of rotatable bonds is 8. The number of nitrogens with one attached hydrogen (secondary N) is 2. The van der Waals surface area contributed by atoms with Gasteiger partial charge < -0.3 is 10.3 Å². The molecule has 0 aliphatic carbocycles. The fourth-order valence-electron chi connectivity index (χ4n) is 5.42. The molecule has 3 heterocycles. The van der Waals surface area contributed by atoms with Gasteiger partial charge in [-0.15, -0.1) is 0 Å². The first kappa shape index (κ1) is 32.5. The molecule has 3 aromatic carbocycles. The minimum atomic E-state index is -0.759. The van der Waals surface area contributed by atoms with Crippen molar-refractivity contribution in [1.29, 1.82) is 0 Å². The maximum atomic E-state index is 14.1. The summed E-state index contributed by atoms with van der Waals surface area (Å²) in [4.78, 5) is 63.6. The standard InChI is InChI=1S/C35H30N6O5S2/c1-19(2)23-11-13-24(14-12-23)31-30(32(43)38-25-8-6-5-7-9-25)21(4)37-35-40(31)33(44)28(48-35)18-22-10-15-27(26(17-22)41(45)46)47-34-36-20(3)16-29(42)39-34/h5-19,31H,1-4H3,(H,38,43)(H,36,39,42)/b28-18+/t31-/m1/s1. The van der Waals surface area contributed by atoms with Gasteiger partial charge in [0, 0.05) is 23.5 Å². The number of nitro groups is 1. The molecule has 2 N–H and O–H groups in total. The number of carbonyl (C=O) groups excluding carboxylic acids is 1. The quantitative estimate of drug-likeness (QED) is 0.126. The molecule has 0 radical (unpaired) electrons. The minimum absolute atomic E-state index is 0.204. The number of benzene rings is 3. The van der Waals surface area contributed by atoms with Crippen LogP contribution in [0.1, 0.15) is 55.1 Å². The summed E-state index contributed by atoms with van der Waals surface area (Å²) in [5.74, 6) is -0.0776. The molecule has 0 unspecified atom stereocenters. The fourth-order valence-corrected chi connectivity index (χ4v) is 7.39. The summed E-state index contributed by atoms with van der Waals surface area (Å²) in [6, 6.07) is 22.1. The highest BCUT2D eigenvalue weighted by Crippen LogP contribution is 2.34. The smallest absolute Gasteiger partial charge is 0.283 e. The van der Waals surface area contributed by atoms with Crippen LogP contribution in [-0.4, -0.2) is 25.4 Å². The van der Waals surface area contributed by atoms with Crippen molar-refractivity contribution in [3.05, 3.63) is 153 Å². The SMILES string of the molecule is CC1=C(C(=O)Nc2ccccc2)[C@@H](c2ccc(C(C)C)cc2)n2c(s/c(=C/c3ccc(Sc4nc(C)cc(=O)[nH]4)c([N+](=O)[O-])c3)c2=O)=N1. The van der Waals surface area contributed by atoms with Gasteiger partial charge in [0.1, 0.15) is 0 Å². The first-order valence-electron chi connectivity index (χ1n) is 15.0. The van der Waals surface area contributed by atoms with E-state index in [2.05, 4.69) is 34.1 Å². The number of allylic oxidation sites excluding steroid dienone is 1. The van der Waals surface area contributed by atoms with Gasteiger partial charge in [0.2, 0.25) is 0 Å². The Labute approximate surface area is 282 Å². The Morgan fingerprint density at radius 2 is 1.79 bits per heavy atom. The maximum absolute atomic E-state index is 14.1. The molecule has 1 atom stereocenters. The third-order valence-corrected chi connectivity index (χ3v) is 9.68. The highest BCUT2D eigenvalue weighted by Gasteiger charge is 2.32. The van der Waals surface area contributed by atoms with Gasteiger partial charge >= 0.3 is 0 Å². The van der Waals surface area contributed by atoms with Crippen molar-refractivity contribution in [3.8, 4) is 0 Å². The number of aromatic nitrogens is 3. The lowest BCUT2D eigenvalue weighted by Crippen LogP contribution is -2.40. The van der Waals surface area contributed by atoms with Crippen LogP contribution in [0.2, 0.25) is 0 Å². The number of amides is 1. The zero-order valence-corrected chi connectivity index (χ0v) is 28.0. The molecule has 0 spiro atoms. The van der Waals surface area contributed by atoms with E-state index in [1.165, 1.54) is 16.7 Å². The van der Waals surface area contributed by atoms with Crippen molar-refractivity contribution >= 4 is 46.5 Å². The number of hydrogen-bond acceptors (Lipinski definition) is 9. The summed E-state index contributed by atoms with van der Waals surface area (Å²) >= 11 is 2.12. The topological polar surface area (TPSA) is 152 Å². The Morgan fingerprint density at radius 3 is 2.46 bits per heavy atom. The molecule has 1 amide bonds. The molecule has 0 saturated carbocycles. The number of carbonyl (C=O) groups is 1. The van der Waals surface area contributed by atoms with Crippen LogP contribution in [0.15, 0.2) is 115 Å². The zero-order chi connectivity index (χ0) is 34.1. The van der Waals surface area contributed by atoms with Crippen molar-refractivity contribution in [2.75, 3.05) is 5.32 Å². The van der Waals surface area contributed by atoms with Crippen LogP contribution in [0.3, 0.4) is 0 Å². The van der Waals surface area contributed by atoms with Crippen molar-refractivity contribution in [2.24, 2.45) is 4.99 Å². The maximum Gasteiger partial charge on any atom is 0.283 e. The molecule has 13 heteroatoms. The second kappa shape index (κ2) is 13.4. The molecular formula is C35H30N6O5S2. The summed E-state index contributed by atoms with van der Waals surface area (Å²) in [5, 5.41) is 15.3. The van der Waals surface area contributed by atoms with E-state index in [1.54, 1.807) is 44.2 Å². The van der Waals surface area contributed by atoms with Gasteiger partial charge in [-0.1, -0.05) is 73.7 Å². The number of thiazole rings is 1. The molecule has 5 aromatic rings. The molecule has 1 aliphatic rings. The van der Waals surface area contributed by atoms with Crippen LogP contribution in [0.4, 0.5) is 11.4 Å². The number of para-hydroxylation sites is 1. The number of anilines is 1. The van der Waals surface area contributed by atoms with E-state index in [-0.39, 0.29) is 32.8 Å². The number of aromatic amines is 1. The van der Waals surface area contributed by atoms with Crippen LogP contribution in [-0.2, 0) is 4.79 Å². The average molecular weight is 679 g/mol. The second-order valence-electron chi connectivity index (χ2n) is 11.5. The predicted octanol–water partition coefficient (Wildman–Crippen LogP) is 5.45. The number of nitrogens with zero attached hydrogens (tertiary/aromatic N) is 4. The Kier molecular flexibility index (Phi) is 9.07. The van der Waals surface area contributed by atoms with E-state index in [9.17, 15) is 24.5 Å². The van der Waals surface area contributed by atoms with Crippen molar-refractivity contribution < 1.29 is 9.72 Å². The fraction of sp³-hybridized carbons (Fsp3) is 0.171. The van der Waals surface area contributed by atoms with E-state index < -0.39 is 11.0 Å². The highest BCUT2D eigenvalue weighted by atomic mass is 32.2. The second-order valence-corrected chi connectivity index (χ2v) is 13.5. The molecule has 242 valence electrons. The molecule has 0 saturated heterocycles. The summed E-state index contributed by atoms with van der Waals surface area (Å²) in [7, 11) is 0. The number of aryl methyl sites for hydroxylation is 1. The minimum Gasteiger partial charge on any atom is -0.322 e. The van der Waals surface area contributed by atoms with E-state index in [0.29, 0.717) is 43.5 Å². The lowest BCUT2D eigenvalue weighted by Gasteiger charge is -2.25. The number of nitro benzene ring substituents is 1. The van der Waals surface area contributed by atoms with E-state index in [1.807, 2.05) is 42.5 Å². The van der Waals surface area contributed by atoms with Gasteiger partial charge in [-0.2, -0.15) is 0 Å². The van der Waals surface area contributed by atoms with Crippen molar-refractivity contribution in [3.63, 3.8) is 0 Å². The largest absolute Gasteiger partial charge is 0.322 e. The summed E-state index contributed by atoms with van der Waals surface area (Å²) in [6.07, 6.45) is 1.58. The van der Waals surface area contributed by atoms with Crippen LogP contribution in [0, 0.1) is 17.0 Å². The summed E-state index contributed by atoms with van der Waals surface area (Å²) < 4.78 is 1.82. The van der Waals surface area contributed by atoms with Crippen molar-refractivity contribution in [2.45, 2.75) is 49.7 Å². The summed E-state index contributed by atoms with van der Waals surface area (Å²) in [5.41, 5.74) is 3.28. The van der Waals surface area contributed by atoms with Gasteiger partial charge in [0.15, 0.2) is 9.96 Å².